The molecule has 1 aromatic heterocycles. The Labute approximate surface area is 257 Å². The second-order valence-electron chi connectivity index (χ2n) is 11.2. The zero-order valence-electron chi connectivity index (χ0n) is 24.5. The van der Waals surface area contributed by atoms with Gasteiger partial charge in [-0.2, -0.15) is 0 Å². The van der Waals surface area contributed by atoms with E-state index < -0.39 is 0 Å². The van der Waals surface area contributed by atoms with Crippen molar-refractivity contribution in [1.82, 2.24) is 0 Å². The Bertz CT molecular complexity index is 2340. The van der Waals surface area contributed by atoms with Crippen LogP contribution in [0.15, 0.2) is 151 Å². The summed E-state index contributed by atoms with van der Waals surface area (Å²) in [4.78, 5) is 0. The molecule has 208 valence electrons. The lowest BCUT2D eigenvalue weighted by atomic mass is 9.85. The third-order valence-electron chi connectivity index (χ3n) is 8.77. The van der Waals surface area contributed by atoms with Gasteiger partial charge in [-0.25, -0.2) is 0 Å². The molecule has 1 heterocycles. The van der Waals surface area contributed by atoms with Crippen LogP contribution in [0, 0.1) is 0 Å². The van der Waals surface area contributed by atoms with Gasteiger partial charge >= 0.3 is 0 Å². The first-order valence-corrected chi connectivity index (χ1v) is 15.1. The molecule has 0 fully saturated rings. The summed E-state index contributed by atoms with van der Waals surface area (Å²) in [5.74, 6) is 0.840. The molecular formula is C43H30O. The van der Waals surface area contributed by atoms with Gasteiger partial charge in [-0.1, -0.05) is 140 Å². The third kappa shape index (κ3) is 4.09. The second kappa shape index (κ2) is 10.6. The van der Waals surface area contributed by atoms with E-state index in [4.69, 9.17) is 4.42 Å². The zero-order valence-corrected chi connectivity index (χ0v) is 24.5. The van der Waals surface area contributed by atoms with Crippen molar-refractivity contribution in [1.29, 1.82) is 0 Å². The smallest absolute Gasteiger partial charge is 0.135 e. The number of furan rings is 1. The van der Waals surface area contributed by atoms with E-state index in [1.165, 1.54) is 65.7 Å². The Hall–Kier alpha value is -5.66. The highest BCUT2D eigenvalue weighted by Crippen LogP contribution is 2.45. The monoisotopic (exact) mass is 562 g/mol. The van der Waals surface area contributed by atoms with Crippen LogP contribution in [0.4, 0.5) is 0 Å². The van der Waals surface area contributed by atoms with Gasteiger partial charge in [0.1, 0.15) is 11.3 Å². The summed E-state index contributed by atoms with van der Waals surface area (Å²) in [6.07, 6.45) is 5.90. The Morgan fingerprint density at radius 1 is 0.523 bits per heavy atom. The van der Waals surface area contributed by atoms with Gasteiger partial charge in [-0.15, -0.1) is 0 Å². The Kier molecular flexibility index (Phi) is 6.24. The molecule has 44 heavy (non-hydrogen) atoms. The van der Waals surface area contributed by atoms with E-state index in [0.29, 0.717) is 0 Å². The molecule has 0 unspecified atom stereocenters. The van der Waals surface area contributed by atoms with Crippen LogP contribution in [-0.4, -0.2) is 0 Å². The molecule has 0 N–H and O–H groups in total. The molecule has 0 radical (unpaired) electrons. The first kappa shape index (κ1) is 26.0. The lowest BCUT2D eigenvalue weighted by Gasteiger charge is -2.18. The van der Waals surface area contributed by atoms with E-state index in [-0.39, 0.29) is 0 Å². The van der Waals surface area contributed by atoms with E-state index in [9.17, 15) is 0 Å². The summed E-state index contributed by atoms with van der Waals surface area (Å²) in [7, 11) is 0. The molecule has 0 aliphatic carbocycles. The van der Waals surface area contributed by atoms with Crippen molar-refractivity contribution in [3.05, 3.63) is 157 Å². The SMILES string of the molecule is C=Cc1c(/C=C\C)oc2ccc(-c3c4ccccc4c(-c4ccc(-c5cccc6ccccc56)cc4)c4ccccc34)cc12. The number of benzene rings is 7. The van der Waals surface area contributed by atoms with Crippen LogP contribution in [0.5, 0.6) is 0 Å². The number of hydrogen-bond donors (Lipinski definition) is 0. The van der Waals surface area contributed by atoms with Crippen LogP contribution < -0.4 is 0 Å². The van der Waals surface area contributed by atoms with Crippen molar-refractivity contribution in [2.45, 2.75) is 6.92 Å². The maximum absolute atomic E-state index is 6.18. The van der Waals surface area contributed by atoms with Crippen LogP contribution >= 0.6 is 0 Å². The van der Waals surface area contributed by atoms with Crippen molar-refractivity contribution in [3.8, 4) is 33.4 Å². The number of rotatable bonds is 5. The molecule has 7 aromatic carbocycles. The van der Waals surface area contributed by atoms with Gasteiger partial charge in [0.05, 0.1) is 0 Å². The molecule has 0 bridgehead atoms. The first-order chi connectivity index (χ1) is 21.7. The van der Waals surface area contributed by atoms with Crippen molar-refractivity contribution in [2.75, 3.05) is 0 Å². The molecule has 0 aliphatic rings. The van der Waals surface area contributed by atoms with E-state index in [0.717, 1.165) is 22.3 Å². The molecule has 1 heteroatoms. The average molecular weight is 563 g/mol. The summed E-state index contributed by atoms with van der Waals surface area (Å²) in [5.41, 5.74) is 9.24. The Morgan fingerprint density at radius 2 is 1.07 bits per heavy atom. The third-order valence-corrected chi connectivity index (χ3v) is 8.77. The summed E-state index contributed by atoms with van der Waals surface area (Å²) < 4.78 is 6.18. The highest BCUT2D eigenvalue weighted by Gasteiger charge is 2.18. The van der Waals surface area contributed by atoms with E-state index >= 15 is 0 Å². The molecular weight excluding hydrogens is 532 g/mol. The minimum atomic E-state index is 0.840. The van der Waals surface area contributed by atoms with Crippen molar-refractivity contribution in [3.63, 3.8) is 0 Å². The Balaban J connectivity index is 1.35. The van der Waals surface area contributed by atoms with Gasteiger partial charge in [0, 0.05) is 10.9 Å². The van der Waals surface area contributed by atoms with Gasteiger partial charge in [-0.05, 0) is 90.8 Å². The van der Waals surface area contributed by atoms with Crippen molar-refractivity contribution >= 4 is 55.4 Å². The van der Waals surface area contributed by atoms with Crippen molar-refractivity contribution in [2.24, 2.45) is 0 Å². The van der Waals surface area contributed by atoms with E-state index in [2.05, 4.69) is 140 Å². The minimum Gasteiger partial charge on any atom is -0.456 e. The van der Waals surface area contributed by atoms with Crippen LogP contribution in [0.1, 0.15) is 18.2 Å². The predicted octanol–water partition coefficient (Wildman–Crippen LogP) is 12.6. The number of fused-ring (bicyclic) bond motifs is 4. The van der Waals surface area contributed by atoms with Crippen LogP contribution in [0.25, 0.3) is 88.8 Å². The number of allylic oxidation sites excluding steroid dienone is 1. The maximum Gasteiger partial charge on any atom is 0.135 e. The standard InChI is InChI=1S/C43H30O/c1-3-12-40-32(4-2)39-27-31(25-26-41(39)44-40)43-37-18-9-7-16-35(37)42(36-17-8-10-19-38(36)43)30-23-21-29(22-24-30)34-20-11-14-28-13-5-6-15-33(28)34/h3-27H,2H2,1H3/b12-3-. The Morgan fingerprint density at radius 3 is 1.70 bits per heavy atom. The molecule has 0 atom stereocenters. The van der Waals surface area contributed by atoms with Crippen LogP contribution in [0.3, 0.4) is 0 Å². The van der Waals surface area contributed by atoms with Gasteiger partial charge in [0.2, 0.25) is 0 Å². The molecule has 0 saturated heterocycles. The molecule has 1 nitrogen and oxygen atoms in total. The quantitative estimate of drug-likeness (QED) is 0.190. The largest absolute Gasteiger partial charge is 0.456 e. The summed E-state index contributed by atoms with van der Waals surface area (Å²) in [6.45, 7) is 6.09. The second-order valence-corrected chi connectivity index (χ2v) is 11.2. The van der Waals surface area contributed by atoms with Crippen LogP contribution in [0.2, 0.25) is 0 Å². The normalized spacial score (nSPS) is 11.8. The molecule has 0 amide bonds. The summed E-state index contributed by atoms with van der Waals surface area (Å²) >= 11 is 0. The van der Waals surface area contributed by atoms with Gasteiger partial charge in [0.25, 0.3) is 0 Å². The fourth-order valence-corrected chi connectivity index (χ4v) is 6.82. The minimum absolute atomic E-state index is 0.840. The lowest BCUT2D eigenvalue weighted by Crippen LogP contribution is -1.91. The summed E-state index contributed by atoms with van der Waals surface area (Å²) in [6, 6.07) is 48.4. The molecule has 0 spiro atoms. The fraction of sp³-hybridized carbons (Fsp3) is 0.0233. The zero-order chi connectivity index (χ0) is 29.6. The van der Waals surface area contributed by atoms with Gasteiger partial charge < -0.3 is 4.42 Å². The van der Waals surface area contributed by atoms with E-state index in [1.807, 2.05) is 25.2 Å². The maximum atomic E-state index is 6.18. The molecule has 0 saturated carbocycles. The summed E-state index contributed by atoms with van der Waals surface area (Å²) in [5, 5.41) is 8.55. The molecule has 0 aliphatic heterocycles. The van der Waals surface area contributed by atoms with Gasteiger partial charge in [0.15, 0.2) is 0 Å². The van der Waals surface area contributed by atoms with Gasteiger partial charge in [-0.3, -0.25) is 0 Å². The van der Waals surface area contributed by atoms with Crippen LogP contribution in [-0.2, 0) is 0 Å². The number of hydrogen-bond acceptors (Lipinski definition) is 1. The fourth-order valence-electron chi connectivity index (χ4n) is 6.82. The average Bonchev–Trinajstić information content (AvgIpc) is 3.43. The molecule has 8 aromatic rings. The lowest BCUT2D eigenvalue weighted by molar-refractivity contribution is 0.603. The van der Waals surface area contributed by atoms with Crippen molar-refractivity contribution < 1.29 is 4.42 Å². The molecule has 8 rings (SSSR count). The highest BCUT2D eigenvalue weighted by atomic mass is 16.3. The first-order valence-electron chi connectivity index (χ1n) is 15.1. The highest BCUT2D eigenvalue weighted by molar-refractivity contribution is 6.21. The topological polar surface area (TPSA) is 13.1 Å². The van der Waals surface area contributed by atoms with E-state index in [1.54, 1.807) is 0 Å². The predicted molar refractivity (Wildman–Crippen MR) is 190 cm³/mol.